The third-order valence-corrected chi connectivity index (χ3v) is 9.53. The predicted octanol–water partition coefficient (Wildman–Crippen LogP) is 4.22. The highest BCUT2D eigenvalue weighted by atomic mass is 32.2. The van der Waals surface area contributed by atoms with E-state index in [0.29, 0.717) is 12.5 Å². The van der Waals surface area contributed by atoms with Crippen molar-refractivity contribution in [1.82, 2.24) is 20.3 Å². The summed E-state index contributed by atoms with van der Waals surface area (Å²) in [4.78, 5) is 25.4. The molecule has 0 spiro atoms. The van der Waals surface area contributed by atoms with Gasteiger partial charge in [0.05, 0.1) is 22.9 Å². The molecule has 2 aromatic carbocycles. The van der Waals surface area contributed by atoms with Crippen LogP contribution < -0.4 is 16.0 Å². The van der Waals surface area contributed by atoms with E-state index in [1.807, 2.05) is 12.1 Å². The third kappa shape index (κ3) is 7.51. The van der Waals surface area contributed by atoms with Crippen molar-refractivity contribution in [3.63, 3.8) is 0 Å². The Balaban J connectivity index is 1.49. The molecule has 2 amide bonds. The molecule has 0 saturated carbocycles. The lowest BCUT2D eigenvalue weighted by atomic mass is 9.86. The van der Waals surface area contributed by atoms with Gasteiger partial charge in [0.25, 0.3) is 0 Å². The summed E-state index contributed by atoms with van der Waals surface area (Å²) in [5.74, 6) is -1.18. The number of hydrogen-bond acceptors (Lipinski definition) is 5. The molecule has 0 aromatic heterocycles. The van der Waals surface area contributed by atoms with Crippen molar-refractivity contribution in [3.05, 3.63) is 64.2 Å². The van der Waals surface area contributed by atoms with Crippen LogP contribution in [0.3, 0.4) is 0 Å². The van der Waals surface area contributed by atoms with Crippen LogP contribution in [0.25, 0.3) is 0 Å². The molecule has 3 N–H and O–H groups in total. The molecule has 2 aliphatic rings. The average molecular weight is 609 g/mol. The minimum absolute atomic E-state index is 0.0168. The van der Waals surface area contributed by atoms with Crippen LogP contribution in [0, 0.1) is 12.3 Å². The number of alkyl halides is 3. The molecular weight excluding hydrogens is 569 g/mol. The summed E-state index contributed by atoms with van der Waals surface area (Å²) in [5.41, 5.74) is 2.26. The minimum Gasteiger partial charge on any atom is -0.353 e. The van der Waals surface area contributed by atoms with Gasteiger partial charge in [-0.25, -0.2) is 8.42 Å². The number of sulfonamides is 1. The predicted molar refractivity (Wildman–Crippen MR) is 153 cm³/mol. The largest absolute Gasteiger partial charge is 0.416 e. The molecule has 0 bridgehead atoms. The number of carbonyl (C=O) groups excluding carboxylic acids is 2. The van der Waals surface area contributed by atoms with Gasteiger partial charge in [-0.1, -0.05) is 45.0 Å². The van der Waals surface area contributed by atoms with Crippen molar-refractivity contribution in [2.24, 2.45) is 5.41 Å². The van der Waals surface area contributed by atoms with Crippen molar-refractivity contribution < 1.29 is 31.2 Å². The lowest BCUT2D eigenvalue weighted by molar-refractivity contribution is -0.138. The molecule has 8 nitrogen and oxygen atoms in total. The first kappa shape index (κ1) is 32.0. The number of fused-ring (bicyclic) bond motifs is 1. The quantitative estimate of drug-likeness (QED) is 0.416. The van der Waals surface area contributed by atoms with Crippen LogP contribution >= 0.6 is 0 Å². The second kappa shape index (κ2) is 12.3. The second-order valence-corrected chi connectivity index (χ2v) is 14.2. The first-order valence-electron chi connectivity index (χ1n) is 14.2. The number of piperazine rings is 1. The molecule has 1 fully saturated rings. The molecule has 1 aliphatic heterocycles. The maximum absolute atomic E-state index is 13.5. The molecule has 1 saturated heterocycles. The first-order valence-corrected chi connectivity index (χ1v) is 15.6. The Morgan fingerprint density at radius 3 is 2.55 bits per heavy atom. The number of aryl methyl sites for hydroxylation is 2. The van der Waals surface area contributed by atoms with E-state index >= 15 is 0 Å². The zero-order valence-corrected chi connectivity index (χ0v) is 25.2. The van der Waals surface area contributed by atoms with E-state index in [1.54, 1.807) is 0 Å². The number of hydrogen-bond donors (Lipinski definition) is 3. The van der Waals surface area contributed by atoms with Gasteiger partial charge in [-0.15, -0.1) is 0 Å². The number of halogens is 3. The molecule has 12 heteroatoms. The molecule has 2 atom stereocenters. The lowest BCUT2D eigenvalue weighted by Crippen LogP contribution is -2.58. The maximum Gasteiger partial charge on any atom is 0.416 e. The summed E-state index contributed by atoms with van der Waals surface area (Å²) in [6.45, 7) is 9.16. The van der Waals surface area contributed by atoms with Crippen molar-refractivity contribution in [1.29, 1.82) is 0 Å². The Labute approximate surface area is 245 Å². The third-order valence-electron chi connectivity index (χ3n) is 7.62. The number of carbonyl (C=O) groups is 2. The zero-order valence-electron chi connectivity index (χ0n) is 24.4. The van der Waals surface area contributed by atoms with Gasteiger partial charge < -0.3 is 16.0 Å². The Morgan fingerprint density at radius 2 is 1.86 bits per heavy atom. The Morgan fingerprint density at radius 1 is 1.12 bits per heavy atom. The van der Waals surface area contributed by atoms with Crippen molar-refractivity contribution in [2.45, 2.75) is 83.1 Å². The molecule has 1 unspecified atom stereocenters. The standard InChI is InChI=1S/C30H39F3N4O4S/c1-19-8-10-22(15-24(19)30(31,32)33)42(40,41)37-13-12-35-28(39)26(37)16-27(38)36-25-7-5-6-21-14-20(9-11-23(21)25)17-34-18-29(2,3)4/h8-11,14-15,25-26,34H,5-7,12-13,16-18H2,1-4H3,(H,35,39)(H,36,38)/t25-,26?/m1/s1. The molecule has 0 radical (unpaired) electrons. The van der Waals surface area contributed by atoms with Crippen LogP contribution in [0.4, 0.5) is 13.2 Å². The summed E-state index contributed by atoms with van der Waals surface area (Å²) in [7, 11) is -4.51. The highest BCUT2D eigenvalue weighted by Gasteiger charge is 2.41. The molecular formula is C30H39F3N4O4S. The summed E-state index contributed by atoms with van der Waals surface area (Å²) < 4.78 is 68.2. The Bertz CT molecular complexity index is 1440. The lowest BCUT2D eigenvalue weighted by Gasteiger charge is -2.34. The van der Waals surface area contributed by atoms with E-state index in [1.165, 1.54) is 6.92 Å². The van der Waals surface area contributed by atoms with Gasteiger partial charge in [0.2, 0.25) is 21.8 Å². The molecule has 230 valence electrons. The van der Waals surface area contributed by atoms with E-state index in [9.17, 15) is 31.2 Å². The van der Waals surface area contributed by atoms with Gasteiger partial charge in [0, 0.05) is 26.2 Å². The van der Waals surface area contributed by atoms with Crippen LogP contribution in [0.15, 0.2) is 41.3 Å². The number of rotatable bonds is 8. The van der Waals surface area contributed by atoms with Gasteiger partial charge in [-0.05, 0) is 66.0 Å². The fraction of sp³-hybridized carbons (Fsp3) is 0.533. The Hall–Kier alpha value is -2.96. The zero-order chi connectivity index (χ0) is 30.9. The first-order chi connectivity index (χ1) is 19.6. The molecule has 1 aliphatic carbocycles. The smallest absolute Gasteiger partial charge is 0.353 e. The fourth-order valence-corrected chi connectivity index (χ4v) is 7.13. The summed E-state index contributed by atoms with van der Waals surface area (Å²) in [5, 5.41) is 9.01. The Kier molecular flexibility index (Phi) is 9.39. The number of benzene rings is 2. The van der Waals surface area contributed by atoms with E-state index in [-0.39, 0.29) is 30.1 Å². The maximum atomic E-state index is 13.5. The van der Waals surface area contributed by atoms with Crippen molar-refractivity contribution in [3.8, 4) is 0 Å². The number of nitrogens with one attached hydrogen (secondary N) is 3. The highest BCUT2D eigenvalue weighted by Crippen LogP contribution is 2.35. The van der Waals surface area contributed by atoms with E-state index in [2.05, 4.69) is 42.8 Å². The molecule has 42 heavy (non-hydrogen) atoms. The topological polar surface area (TPSA) is 108 Å². The average Bonchev–Trinajstić information content (AvgIpc) is 2.88. The number of nitrogens with zero attached hydrogens (tertiary/aromatic N) is 1. The van der Waals surface area contributed by atoms with E-state index in [4.69, 9.17) is 0 Å². The van der Waals surface area contributed by atoms with Crippen LogP contribution in [-0.2, 0) is 38.8 Å². The van der Waals surface area contributed by atoms with Crippen molar-refractivity contribution >= 4 is 21.8 Å². The van der Waals surface area contributed by atoms with Crippen LogP contribution in [0.2, 0.25) is 0 Å². The molecule has 4 rings (SSSR count). The van der Waals surface area contributed by atoms with Gasteiger partial charge in [-0.2, -0.15) is 17.5 Å². The van der Waals surface area contributed by atoms with Crippen LogP contribution in [-0.4, -0.2) is 50.2 Å². The molecule has 1 heterocycles. The van der Waals surface area contributed by atoms with Gasteiger partial charge >= 0.3 is 6.18 Å². The fourth-order valence-electron chi connectivity index (χ4n) is 5.52. The van der Waals surface area contributed by atoms with Crippen LogP contribution in [0.5, 0.6) is 0 Å². The van der Waals surface area contributed by atoms with Gasteiger partial charge in [0.15, 0.2) is 0 Å². The highest BCUT2D eigenvalue weighted by molar-refractivity contribution is 7.89. The van der Waals surface area contributed by atoms with E-state index in [0.717, 1.165) is 59.1 Å². The van der Waals surface area contributed by atoms with Gasteiger partial charge in [-0.3, -0.25) is 9.59 Å². The normalized spacial score (nSPS) is 20.1. The van der Waals surface area contributed by atoms with Crippen molar-refractivity contribution in [2.75, 3.05) is 19.6 Å². The summed E-state index contributed by atoms with van der Waals surface area (Å²) >= 11 is 0. The number of amides is 2. The van der Waals surface area contributed by atoms with Crippen LogP contribution in [0.1, 0.15) is 73.9 Å². The SMILES string of the molecule is Cc1ccc(S(=O)(=O)N2CCNC(=O)C2CC(=O)N[C@@H]2CCCc3cc(CNCC(C)(C)C)ccc32)cc1C(F)(F)F. The molecule has 2 aromatic rings. The summed E-state index contributed by atoms with van der Waals surface area (Å²) in [6, 6.07) is 7.26. The minimum atomic E-state index is -4.74. The summed E-state index contributed by atoms with van der Waals surface area (Å²) in [6.07, 6.45) is -2.76. The van der Waals surface area contributed by atoms with Gasteiger partial charge in [0.1, 0.15) is 6.04 Å². The second-order valence-electron chi connectivity index (χ2n) is 12.3. The van der Waals surface area contributed by atoms with E-state index < -0.39 is 50.9 Å². The monoisotopic (exact) mass is 608 g/mol.